The quantitative estimate of drug-likeness (QED) is 0.177. The number of aromatic nitrogens is 8. The van der Waals surface area contributed by atoms with Gasteiger partial charge in [0.15, 0.2) is 11.3 Å². The molecule has 4 aromatic heterocycles. The Balaban J connectivity index is 0.000000194. The first-order valence-corrected chi connectivity index (χ1v) is 15.7. The van der Waals surface area contributed by atoms with Crippen molar-refractivity contribution in [2.24, 2.45) is 0 Å². The van der Waals surface area contributed by atoms with Gasteiger partial charge in [-0.2, -0.15) is 36.5 Å². The van der Waals surface area contributed by atoms with Gasteiger partial charge < -0.3 is 9.97 Å². The van der Waals surface area contributed by atoms with E-state index in [-0.39, 0.29) is 23.2 Å². The zero-order valence-electron chi connectivity index (χ0n) is 28.0. The van der Waals surface area contributed by atoms with Gasteiger partial charge in [0.05, 0.1) is 34.6 Å². The molecule has 10 nitrogen and oxygen atoms in total. The Kier molecular flexibility index (Phi) is 9.76. The molecule has 264 valence electrons. The summed E-state index contributed by atoms with van der Waals surface area (Å²) in [6, 6.07) is 9.15. The third-order valence-electron chi connectivity index (χ3n) is 8.35. The van der Waals surface area contributed by atoms with Crippen molar-refractivity contribution in [3.05, 3.63) is 115 Å². The van der Waals surface area contributed by atoms with E-state index in [0.717, 1.165) is 24.3 Å². The summed E-state index contributed by atoms with van der Waals surface area (Å²) in [5.74, 6) is 0.918. The molecule has 0 saturated carbocycles. The highest BCUT2D eigenvalue weighted by Crippen LogP contribution is 2.32. The minimum atomic E-state index is -4.37. The smallest absolute Gasteiger partial charge is 0.310 e. The van der Waals surface area contributed by atoms with Gasteiger partial charge in [-0.1, -0.05) is 38.1 Å². The van der Waals surface area contributed by atoms with Gasteiger partial charge in [-0.05, 0) is 75.9 Å². The van der Waals surface area contributed by atoms with Crippen molar-refractivity contribution in [3.8, 4) is 0 Å². The molecule has 0 saturated heterocycles. The van der Waals surface area contributed by atoms with Crippen LogP contribution in [0.3, 0.4) is 0 Å². The van der Waals surface area contributed by atoms with Crippen LogP contribution in [0.25, 0.3) is 22.1 Å². The average Bonchev–Trinajstić information content (AvgIpc) is 3.62. The molecular formula is C34H34F6N8O2. The molecule has 0 aliphatic carbocycles. The Morgan fingerprint density at radius 1 is 0.620 bits per heavy atom. The molecule has 0 bridgehead atoms. The number of hydrogen-bond donors (Lipinski definition) is 2. The molecule has 0 amide bonds. The maximum Gasteiger partial charge on any atom is 0.416 e. The van der Waals surface area contributed by atoms with Gasteiger partial charge in [0.2, 0.25) is 0 Å². The largest absolute Gasteiger partial charge is 0.416 e. The first-order chi connectivity index (χ1) is 23.4. The van der Waals surface area contributed by atoms with Crippen LogP contribution in [0.1, 0.15) is 85.1 Å². The molecule has 16 heteroatoms. The van der Waals surface area contributed by atoms with E-state index in [1.54, 1.807) is 23.2 Å². The van der Waals surface area contributed by atoms with Crippen LogP contribution in [0.15, 0.2) is 58.1 Å². The number of benzene rings is 2. The van der Waals surface area contributed by atoms with Crippen LogP contribution in [0, 0.1) is 13.8 Å². The molecule has 6 rings (SSSR count). The number of alkyl halides is 6. The highest BCUT2D eigenvalue weighted by atomic mass is 19.4. The van der Waals surface area contributed by atoms with Gasteiger partial charge in [0.25, 0.3) is 11.1 Å². The number of nitrogens with one attached hydrogen (secondary N) is 2. The maximum atomic E-state index is 12.7. The fraction of sp³-hybridized carbons (Fsp3) is 0.353. The highest BCUT2D eigenvalue weighted by molar-refractivity contribution is 5.78. The topological polar surface area (TPSA) is 127 Å². The van der Waals surface area contributed by atoms with E-state index in [9.17, 15) is 35.9 Å². The molecule has 4 heterocycles. The minimum Gasteiger partial charge on any atom is -0.310 e. The lowest BCUT2D eigenvalue weighted by molar-refractivity contribution is -0.138. The Morgan fingerprint density at radius 3 is 1.22 bits per heavy atom. The summed E-state index contributed by atoms with van der Waals surface area (Å²) >= 11 is 0. The predicted molar refractivity (Wildman–Crippen MR) is 175 cm³/mol. The molecule has 0 aliphatic rings. The molecular weight excluding hydrogens is 666 g/mol. The molecule has 0 fully saturated rings. The molecule has 0 unspecified atom stereocenters. The van der Waals surface area contributed by atoms with Crippen molar-refractivity contribution in [2.45, 2.75) is 78.8 Å². The number of H-pyrrole nitrogens is 2. The van der Waals surface area contributed by atoms with Crippen LogP contribution < -0.4 is 11.1 Å². The van der Waals surface area contributed by atoms with Gasteiger partial charge in [0, 0.05) is 0 Å². The summed E-state index contributed by atoms with van der Waals surface area (Å²) in [6.07, 6.45) is -7.64. The summed E-state index contributed by atoms with van der Waals surface area (Å²) in [7, 11) is 0. The second-order valence-corrected chi connectivity index (χ2v) is 11.8. The van der Waals surface area contributed by atoms with Crippen molar-refractivity contribution in [1.29, 1.82) is 0 Å². The lowest BCUT2D eigenvalue weighted by atomic mass is 10.1. The fourth-order valence-electron chi connectivity index (χ4n) is 5.67. The number of aromatic amines is 2. The van der Waals surface area contributed by atoms with Crippen LogP contribution in [0.4, 0.5) is 26.3 Å². The van der Waals surface area contributed by atoms with Crippen LogP contribution in [0.5, 0.6) is 0 Å². The van der Waals surface area contributed by atoms with E-state index in [1.807, 2.05) is 27.7 Å². The standard InChI is InChI=1S/2C17H17F3N4O/c2*1-4-13-14-15(21-10(3)22-16(14)25)24(23-13)9(2)11-5-7-12(8-6-11)17(18,19)20/h2*5-9H,4H2,1-3H3,(H,21,22,25)/t2*9-/m10/s1. The monoisotopic (exact) mass is 700 g/mol. The molecule has 50 heavy (non-hydrogen) atoms. The van der Waals surface area contributed by atoms with Crippen molar-refractivity contribution in [2.75, 3.05) is 0 Å². The number of nitrogens with zero attached hydrogens (tertiary/aromatic N) is 6. The number of hydrogen-bond acceptors (Lipinski definition) is 6. The van der Waals surface area contributed by atoms with Crippen LogP contribution in [-0.2, 0) is 25.2 Å². The summed E-state index contributed by atoms with van der Waals surface area (Å²) in [5.41, 5.74) is 1.48. The number of rotatable bonds is 6. The summed E-state index contributed by atoms with van der Waals surface area (Å²) < 4.78 is 79.5. The average molecular weight is 701 g/mol. The van der Waals surface area contributed by atoms with E-state index in [1.165, 1.54) is 24.3 Å². The van der Waals surface area contributed by atoms with Crippen molar-refractivity contribution in [1.82, 2.24) is 39.5 Å². The predicted octanol–water partition coefficient (Wildman–Crippen LogP) is 7.24. The Morgan fingerprint density at radius 2 is 0.940 bits per heavy atom. The third-order valence-corrected chi connectivity index (χ3v) is 8.35. The second kappa shape index (κ2) is 13.6. The van der Waals surface area contributed by atoms with Gasteiger partial charge in [-0.3, -0.25) is 9.59 Å². The van der Waals surface area contributed by atoms with Gasteiger partial charge in [-0.15, -0.1) is 0 Å². The Labute approximate surface area is 281 Å². The molecule has 0 aliphatic heterocycles. The van der Waals surface area contributed by atoms with Gasteiger partial charge in [0.1, 0.15) is 22.4 Å². The van der Waals surface area contributed by atoms with Crippen molar-refractivity contribution in [3.63, 3.8) is 0 Å². The van der Waals surface area contributed by atoms with Crippen LogP contribution >= 0.6 is 0 Å². The number of fused-ring (bicyclic) bond motifs is 2. The Bertz CT molecular complexity index is 2100. The fourth-order valence-corrected chi connectivity index (χ4v) is 5.67. The lowest BCUT2D eigenvalue weighted by Gasteiger charge is -2.15. The summed E-state index contributed by atoms with van der Waals surface area (Å²) in [4.78, 5) is 38.5. The van der Waals surface area contributed by atoms with E-state index in [0.29, 0.717) is 69.1 Å². The SMILES string of the molecule is CCc1nn([C@@H](C)c2ccc(C(F)(F)F)cc2)c2nc(C)[nH]c(=O)c12.CCc1nn([C@H](C)c2ccc(C(F)(F)F)cc2)c2nc(C)[nH]c(=O)c12. The Hall–Kier alpha value is -5.28. The maximum absolute atomic E-state index is 12.7. The molecule has 2 aromatic carbocycles. The molecule has 0 radical (unpaired) electrons. The van der Waals surface area contributed by atoms with Gasteiger partial charge >= 0.3 is 12.4 Å². The van der Waals surface area contributed by atoms with E-state index < -0.39 is 23.5 Å². The zero-order valence-corrected chi connectivity index (χ0v) is 28.0. The van der Waals surface area contributed by atoms with E-state index in [2.05, 4.69) is 30.1 Å². The van der Waals surface area contributed by atoms with E-state index in [4.69, 9.17) is 0 Å². The van der Waals surface area contributed by atoms with Crippen molar-refractivity contribution < 1.29 is 26.3 Å². The number of halogens is 6. The van der Waals surface area contributed by atoms with Crippen molar-refractivity contribution >= 4 is 22.1 Å². The normalized spacial score (nSPS) is 13.4. The summed E-state index contributed by atoms with van der Waals surface area (Å²) in [6.45, 7) is 10.7. The molecule has 0 spiro atoms. The molecule has 2 atom stereocenters. The highest BCUT2D eigenvalue weighted by Gasteiger charge is 2.31. The van der Waals surface area contributed by atoms with Crippen LogP contribution in [-0.4, -0.2) is 39.5 Å². The lowest BCUT2D eigenvalue weighted by Crippen LogP contribution is -2.13. The summed E-state index contributed by atoms with van der Waals surface area (Å²) in [5, 5.41) is 9.78. The third kappa shape index (κ3) is 7.05. The molecule has 6 aromatic rings. The minimum absolute atomic E-state index is 0.259. The van der Waals surface area contributed by atoms with Crippen LogP contribution in [0.2, 0.25) is 0 Å². The van der Waals surface area contributed by atoms with Gasteiger partial charge in [-0.25, -0.2) is 19.3 Å². The first-order valence-electron chi connectivity index (χ1n) is 15.7. The second-order valence-electron chi connectivity index (χ2n) is 11.8. The first kappa shape index (κ1) is 36.0. The number of aryl methyl sites for hydroxylation is 4. The molecule has 2 N–H and O–H groups in total. The van der Waals surface area contributed by atoms with E-state index >= 15 is 0 Å². The zero-order chi connectivity index (χ0) is 36.7.